The second-order valence-electron chi connectivity index (χ2n) is 6.22. The van der Waals surface area contributed by atoms with E-state index in [2.05, 4.69) is 10.6 Å². The summed E-state index contributed by atoms with van der Waals surface area (Å²) in [7, 11) is 0. The molecule has 29 heavy (non-hydrogen) atoms. The molecule has 156 valence electrons. The molecule has 0 heterocycles. The first-order valence-corrected chi connectivity index (χ1v) is 9.24. The van der Waals surface area contributed by atoms with E-state index in [0.717, 1.165) is 35.6 Å². The highest BCUT2D eigenvalue weighted by Crippen LogP contribution is 2.29. The quantitative estimate of drug-likeness (QED) is 0.624. The molecule has 2 N–H and O–H groups in total. The molecule has 0 saturated heterocycles. The van der Waals surface area contributed by atoms with E-state index >= 15 is 0 Å². The van der Waals surface area contributed by atoms with Crippen molar-refractivity contribution in [3.05, 3.63) is 65.2 Å². The van der Waals surface area contributed by atoms with Gasteiger partial charge in [-0.05, 0) is 49.2 Å². The Kier molecular flexibility index (Phi) is 8.06. The first kappa shape index (κ1) is 22.3. The molecule has 0 radical (unpaired) electrons. The van der Waals surface area contributed by atoms with Gasteiger partial charge in [0.2, 0.25) is 5.91 Å². The predicted octanol–water partition coefficient (Wildman–Crippen LogP) is 3.58. The van der Waals surface area contributed by atoms with E-state index in [0.29, 0.717) is 13.0 Å². The number of carbonyl (C=O) groups excluding carboxylic acids is 2. The van der Waals surface area contributed by atoms with Crippen molar-refractivity contribution in [2.75, 3.05) is 19.7 Å². The van der Waals surface area contributed by atoms with Crippen molar-refractivity contribution in [2.24, 2.45) is 0 Å². The van der Waals surface area contributed by atoms with Crippen molar-refractivity contribution in [1.82, 2.24) is 10.6 Å². The fourth-order valence-electron chi connectivity index (χ4n) is 2.63. The second kappa shape index (κ2) is 10.5. The number of nitrogens with one attached hydrogen (secondary N) is 2. The molecule has 2 aromatic carbocycles. The summed E-state index contributed by atoms with van der Waals surface area (Å²) < 4.78 is 43.1. The Morgan fingerprint density at radius 2 is 1.62 bits per heavy atom. The van der Waals surface area contributed by atoms with Gasteiger partial charge < -0.3 is 15.4 Å². The number of aryl methyl sites for hydroxylation is 1. The number of halogens is 3. The molecule has 2 amide bonds. The summed E-state index contributed by atoms with van der Waals surface area (Å²) in [5, 5.41) is 5.25. The van der Waals surface area contributed by atoms with Crippen LogP contribution < -0.4 is 15.4 Å². The molecule has 0 unspecified atom stereocenters. The highest BCUT2D eigenvalue weighted by atomic mass is 19.4. The Hall–Kier alpha value is -3.03. The van der Waals surface area contributed by atoms with Crippen LogP contribution in [0.1, 0.15) is 34.8 Å². The molecule has 8 heteroatoms. The van der Waals surface area contributed by atoms with Gasteiger partial charge in [-0.2, -0.15) is 13.2 Å². The highest BCUT2D eigenvalue weighted by Gasteiger charge is 2.30. The Labute approximate surface area is 167 Å². The lowest BCUT2D eigenvalue weighted by Crippen LogP contribution is -2.34. The van der Waals surface area contributed by atoms with E-state index in [4.69, 9.17) is 4.74 Å². The van der Waals surface area contributed by atoms with Crippen LogP contribution in [0, 0.1) is 0 Å². The standard InChI is InChI=1S/C21H23F3N2O3/c1-2-29-18-6-4-3-5-15(18)9-12-19(27)25-13-14-26-20(28)16-7-10-17(11-8-16)21(22,23)24/h3-8,10-11H,2,9,12-14H2,1H3,(H,25,27)(H,26,28). The Morgan fingerprint density at radius 3 is 2.28 bits per heavy atom. The van der Waals surface area contributed by atoms with Gasteiger partial charge in [-0.1, -0.05) is 18.2 Å². The zero-order chi connectivity index (χ0) is 21.3. The fraction of sp³-hybridized carbons (Fsp3) is 0.333. The van der Waals surface area contributed by atoms with Gasteiger partial charge >= 0.3 is 6.18 Å². The predicted molar refractivity (Wildman–Crippen MR) is 103 cm³/mol. The van der Waals surface area contributed by atoms with Gasteiger partial charge in [-0.25, -0.2) is 0 Å². The lowest BCUT2D eigenvalue weighted by molar-refractivity contribution is -0.137. The summed E-state index contributed by atoms with van der Waals surface area (Å²) in [6.07, 6.45) is -3.64. The van der Waals surface area contributed by atoms with Crippen molar-refractivity contribution in [3.8, 4) is 5.75 Å². The molecule has 0 aliphatic rings. The van der Waals surface area contributed by atoms with Crippen LogP contribution in [0.25, 0.3) is 0 Å². The molecule has 0 fully saturated rings. The van der Waals surface area contributed by atoms with E-state index in [1.807, 2.05) is 31.2 Å². The topological polar surface area (TPSA) is 67.4 Å². The van der Waals surface area contributed by atoms with Crippen molar-refractivity contribution >= 4 is 11.8 Å². The third kappa shape index (κ3) is 7.14. The lowest BCUT2D eigenvalue weighted by Gasteiger charge is -2.11. The molecule has 5 nitrogen and oxygen atoms in total. The number of rotatable bonds is 9. The minimum absolute atomic E-state index is 0.122. The Bertz CT molecular complexity index is 821. The summed E-state index contributed by atoms with van der Waals surface area (Å²) in [6.45, 7) is 2.82. The van der Waals surface area contributed by atoms with Gasteiger partial charge in [-0.3, -0.25) is 9.59 Å². The number of benzene rings is 2. The van der Waals surface area contributed by atoms with Crippen LogP contribution in [0.4, 0.5) is 13.2 Å². The molecule has 2 rings (SSSR count). The zero-order valence-electron chi connectivity index (χ0n) is 16.0. The number of para-hydroxylation sites is 1. The van der Waals surface area contributed by atoms with Crippen molar-refractivity contribution < 1.29 is 27.5 Å². The molecule has 0 saturated carbocycles. The first-order valence-electron chi connectivity index (χ1n) is 9.24. The van der Waals surface area contributed by atoms with E-state index in [9.17, 15) is 22.8 Å². The molecule has 2 aromatic rings. The minimum atomic E-state index is -4.44. The average Bonchev–Trinajstić information content (AvgIpc) is 2.70. The van der Waals surface area contributed by atoms with Crippen LogP contribution in [0.2, 0.25) is 0 Å². The smallest absolute Gasteiger partial charge is 0.416 e. The molecule has 0 atom stereocenters. The van der Waals surface area contributed by atoms with Gasteiger partial charge in [0.05, 0.1) is 12.2 Å². The van der Waals surface area contributed by atoms with Crippen molar-refractivity contribution in [2.45, 2.75) is 25.9 Å². The fourth-order valence-corrected chi connectivity index (χ4v) is 2.63. The third-order valence-electron chi connectivity index (χ3n) is 4.10. The Balaban J connectivity index is 1.71. The second-order valence-corrected chi connectivity index (χ2v) is 6.22. The van der Waals surface area contributed by atoms with Gasteiger partial charge in [0, 0.05) is 25.1 Å². The van der Waals surface area contributed by atoms with Crippen LogP contribution in [-0.4, -0.2) is 31.5 Å². The summed E-state index contributed by atoms with van der Waals surface area (Å²) >= 11 is 0. The summed E-state index contributed by atoms with van der Waals surface area (Å²) in [5.41, 5.74) is 0.254. The highest BCUT2D eigenvalue weighted by molar-refractivity contribution is 5.94. The zero-order valence-corrected chi connectivity index (χ0v) is 16.0. The molecule has 0 aromatic heterocycles. The normalized spacial score (nSPS) is 11.0. The Morgan fingerprint density at radius 1 is 0.966 bits per heavy atom. The van der Waals surface area contributed by atoms with E-state index in [1.54, 1.807) is 0 Å². The third-order valence-corrected chi connectivity index (χ3v) is 4.10. The summed E-state index contributed by atoms with van der Waals surface area (Å²) in [5.74, 6) is 0.0882. The van der Waals surface area contributed by atoms with Crippen LogP contribution in [0.15, 0.2) is 48.5 Å². The van der Waals surface area contributed by atoms with Gasteiger partial charge in [0.1, 0.15) is 5.75 Å². The van der Waals surface area contributed by atoms with Crippen molar-refractivity contribution in [1.29, 1.82) is 0 Å². The summed E-state index contributed by atoms with van der Waals surface area (Å²) in [6, 6.07) is 11.5. The van der Waals surface area contributed by atoms with Crippen molar-refractivity contribution in [3.63, 3.8) is 0 Å². The summed E-state index contributed by atoms with van der Waals surface area (Å²) in [4.78, 5) is 23.9. The van der Waals surface area contributed by atoms with Gasteiger partial charge in [0.15, 0.2) is 0 Å². The molecule has 0 aliphatic carbocycles. The SMILES string of the molecule is CCOc1ccccc1CCC(=O)NCCNC(=O)c1ccc(C(F)(F)F)cc1. The number of alkyl halides is 3. The average molecular weight is 408 g/mol. The number of hydrogen-bond donors (Lipinski definition) is 2. The molecule has 0 bridgehead atoms. The number of hydrogen-bond acceptors (Lipinski definition) is 3. The number of amides is 2. The maximum Gasteiger partial charge on any atom is 0.416 e. The molecular formula is C21H23F3N2O3. The molecular weight excluding hydrogens is 385 g/mol. The van der Waals surface area contributed by atoms with Crippen LogP contribution >= 0.6 is 0 Å². The van der Waals surface area contributed by atoms with E-state index in [-0.39, 0.29) is 31.0 Å². The van der Waals surface area contributed by atoms with Gasteiger partial charge in [-0.15, -0.1) is 0 Å². The first-order chi connectivity index (χ1) is 13.8. The van der Waals surface area contributed by atoms with Crippen LogP contribution in [0.5, 0.6) is 5.75 Å². The monoisotopic (exact) mass is 408 g/mol. The molecule has 0 aliphatic heterocycles. The van der Waals surface area contributed by atoms with Crippen LogP contribution in [0.3, 0.4) is 0 Å². The van der Waals surface area contributed by atoms with Gasteiger partial charge in [0.25, 0.3) is 5.91 Å². The maximum atomic E-state index is 12.5. The lowest BCUT2D eigenvalue weighted by atomic mass is 10.1. The number of carbonyl (C=O) groups is 2. The number of ether oxygens (including phenoxy) is 1. The maximum absolute atomic E-state index is 12.5. The molecule has 0 spiro atoms. The minimum Gasteiger partial charge on any atom is -0.494 e. The van der Waals surface area contributed by atoms with E-state index in [1.165, 1.54) is 0 Å². The van der Waals surface area contributed by atoms with E-state index < -0.39 is 17.6 Å². The largest absolute Gasteiger partial charge is 0.494 e. The van der Waals surface area contributed by atoms with Crippen LogP contribution in [-0.2, 0) is 17.4 Å².